The third-order valence-electron chi connectivity index (χ3n) is 2.19. The van der Waals surface area contributed by atoms with Crippen molar-refractivity contribution in [3.63, 3.8) is 0 Å². The Morgan fingerprint density at radius 2 is 2.31 bits per heavy atom. The SMILES string of the molecule is COC(=O)CC1=C(C)C(O)C(C)O1. The second kappa shape index (κ2) is 3.79. The summed E-state index contributed by atoms with van der Waals surface area (Å²) in [5, 5.41) is 9.49. The van der Waals surface area contributed by atoms with Crippen molar-refractivity contribution in [2.75, 3.05) is 7.11 Å². The molecule has 0 aromatic heterocycles. The highest BCUT2D eigenvalue weighted by Crippen LogP contribution is 2.27. The van der Waals surface area contributed by atoms with Gasteiger partial charge in [-0.05, 0) is 19.4 Å². The number of ether oxygens (including phenoxy) is 2. The van der Waals surface area contributed by atoms with Crippen LogP contribution in [0.3, 0.4) is 0 Å². The number of aliphatic hydroxyl groups is 1. The highest BCUT2D eigenvalue weighted by atomic mass is 16.5. The van der Waals surface area contributed by atoms with Gasteiger partial charge in [0.1, 0.15) is 24.4 Å². The molecule has 0 amide bonds. The van der Waals surface area contributed by atoms with Crippen molar-refractivity contribution < 1.29 is 19.4 Å². The normalized spacial score (nSPS) is 27.4. The number of aliphatic hydroxyl groups excluding tert-OH is 1. The van der Waals surface area contributed by atoms with E-state index in [0.29, 0.717) is 5.76 Å². The Morgan fingerprint density at radius 3 is 2.69 bits per heavy atom. The fourth-order valence-electron chi connectivity index (χ4n) is 1.28. The zero-order chi connectivity index (χ0) is 10.0. The molecule has 0 aromatic carbocycles. The minimum Gasteiger partial charge on any atom is -0.491 e. The fraction of sp³-hybridized carbons (Fsp3) is 0.667. The lowest BCUT2D eigenvalue weighted by Gasteiger charge is -2.09. The lowest BCUT2D eigenvalue weighted by atomic mass is 10.1. The Balaban J connectivity index is 2.65. The number of hydrogen-bond acceptors (Lipinski definition) is 4. The van der Waals surface area contributed by atoms with Crippen LogP contribution in [0.2, 0.25) is 0 Å². The van der Waals surface area contributed by atoms with Gasteiger partial charge in [-0.3, -0.25) is 4.79 Å². The van der Waals surface area contributed by atoms with Crippen LogP contribution in [-0.2, 0) is 14.3 Å². The largest absolute Gasteiger partial charge is 0.491 e. The van der Waals surface area contributed by atoms with E-state index in [4.69, 9.17) is 4.74 Å². The number of rotatable bonds is 2. The predicted molar refractivity (Wildman–Crippen MR) is 45.9 cm³/mol. The van der Waals surface area contributed by atoms with Crippen molar-refractivity contribution in [1.29, 1.82) is 0 Å². The maximum atomic E-state index is 10.9. The van der Waals surface area contributed by atoms with E-state index in [2.05, 4.69) is 4.74 Å². The van der Waals surface area contributed by atoms with E-state index in [9.17, 15) is 9.90 Å². The molecule has 74 valence electrons. The van der Waals surface area contributed by atoms with Gasteiger partial charge in [-0.25, -0.2) is 0 Å². The van der Waals surface area contributed by atoms with Gasteiger partial charge in [-0.2, -0.15) is 0 Å². The zero-order valence-corrected chi connectivity index (χ0v) is 8.03. The number of carbonyl (C=O) groups excluding carboxylic acids is 1. The van der Waals surface area contributed by atoms with E-state index >= 15 is 0 Å². The van der Waals surface area contributed by atoms with E-state index in [1.165, 1.54) is 7.11 Å². The maximum absolute atomic E-state index is 10.9. The molecule has 0 bridgehead atoms. The molecule has 4 nitrogen and oxygen atoms in total. The minimum atomic E-state index is -0.598. The highest BCUT2D eigenvalue weighted by molar-refractivity contribution is 5.72. The second-order valence-electron chi connectivity index (χ2n) is 3.13. The van der Waals surface area contributed by atoms with Crippen LogP contribution >= 0.6 is 0 Å². The molecule has 0 spiro atoms. The first-order valence-corrected chi connectivity index (χ1v) is 4.17. The molecular weight excluding hydrogens is 172 g/mol. The Hall–Kier alpha value is -1.03. The third-order valence-corrected chi connectivity index (χ3v) is 2.19. The van der Waals surface area contributed by atoms with Crippen molar-refractivity contribution in [2.45, 2.75) is 32.5 Å². The van der Waals surface area contributed by atoms with Gasteiger partial charge in [-0.15, -0.1) is 0 Å². The molecule has 0 aromatic rings. The van der Waals surface area contributed by atoms with Crippen molar-refractivity contribution in [3.8, 4) is 0 Å². The lowest BCUT2D eigenvalue weighted by molar-refractivity contribution is -0.140. The Labute approximate surface area is 77.1 Å². The monoisotopic (exact) mass is 186 g/mol. The molecule has 4 heteroatoms. The second-order valence-corrected chi connectivity index (χ2v) is 3.13. The molecule has 13 heavy (non-hydrogen) atoms. The first-order valence-electron chi connectivity index (χ1n) is 4.17. The van der Waals surface area contributed by atoms with Gasteiger partial charge in [0.05, 0.1) is 7.11 Å². The fourth-order valence-corrected chi connectivity index (χ4v) is 1.28. The average Bonchev–Trinajstić information content (AvgIpc) is 2.34. The number of hydrogen-bond donors (Lipinski definition) is 1. The van der Waals surface area contributed by atoms with Gasteiger partial charge in [0, 0.05) is 0 Å². The van der Waals surface area contributed by atoms with Gasteiger partial charge in [0.25, 0.3) is 0 Å². The average molecular weight is 186 g/mol. The zero-order valence-electron chi connectivity index (χ0n) is 8.03. The number of methoxy groups -OCH3 is 1. The molecule has 0 fully saturated rings. The Kier molecular flexibility index (Phi) is 2.93. The minimum absolute atomic E-state index is 0.101. The summed E-state index contributed by atoms with van der Waals surface area (Å²) in [7, 11) is 1.33. The summed E-state index contributed by atoms with van der Waals surface area (Å²) in [5.41, 5.74) is 0.720. The molecule has 0 saturated heterocycles. The van der Waals surface area contributed by atoms with Crippen LogP contribution in [0.15, 0.2) is 11.3 Å². The van der Waals surface area contributed by atoms with Crippen molar-refractivity contribution in [1.82, 2.24) is 0 Å². The molecule has 2 atom stereocenters. The predicted octanol–water partition coefficient (Wildman–Crippen LogP) is 0.603. The molecule has 1 N–H and O–H groups in total. The highest BCUT2D eigenvalue weighted by Gasteiger charge is 2.30. The van der Waals surface area contributed by atoms with E-state index in [-0.39, 0.29) is 18.5 Å². The summed E-state index contributed by atoms with van der Waals surface area (Å²) >= 11 is 0. The van der Waals surface area contributed by atoms with Crippen LogP contribution in [0.25, 0.3) is 0 Å². The van der Waals surface area contributed by atoms with E-state index in [0.717, 1.165) is 5.57 Å². The van der Waals surface area contributed by atoms with Crippen LogP contribution in [0, 0.1) is 0 Å². The first kappa shape index (κ1) is 10.1. The topological polar surface area (TPSA) is 55.8 Å². The van der Waals surface area contributed by atoms with Gasteiger partial charge in [0.15, 0.2) is 0 Å². The Bertz CT molecular complexity index is 244. The quantitative estimate of drug-likeness (QED) is 0.642. The maximum Gasteiger partial charge on any atom is 0.313 e. The third kappa shape index (κ3) is 2.01. The Morgan fingerprint density at radius 1 is 1.69 bits per heavy atom. The smallest absolute Gasteiger partial charge is 0.313 e. The van der Waals surface area contributed by atoms with E-state index in [1.54, 1.807) is 13.8 Å². The van der Waals surface area contributed by atoms with Crippen LogP contribution in [0.4, 0.5) is 0 Å². The van der Waals surface area contributed by atoms with Crippen LogP contribution < -0.4 is 0 Å². The molecule has 0 aliphatic carbocycles. The molecule has 1 heterocycles. The molecule has 2 unspecified atom stereocenters. The van der Waals surface area contributed by atoms with Gasteiger partial charge in [-0.1, -0.05) is 0 Å². The van der Waals surface area contributed by atoms with E-state index < -0.39 is 6.10 Å². The summed E-state index contributed by atoms with van der Waals surface area (Å²) in [5.74, 6) is 0.183. The number of esters is 1. The lowest BCUT2D eigenvalue weighted by Crippen LogP contribution is -2.19. The molecule has 1 aliphatic rings. The van der Waals surface area contributed by atoms with Crippen molar-refractivity contribution >= 4 is 5.97 Å². The molecular formula is C9H14O4. The van der Waals surface area contributed by atoms with Gasteiger partial charge < -0.3 is 14.6 Å². The molecule has 0 radical (unpaired) electrons. The van der Waals surface area contributed by atoms with Crippen LogP contribution in [0.1, 0.15) is 20.3 Å². The van der Waals surface area contributed by atoms with Gasteiger partial charge in [0.2, 0.25) is 0 Å². The van der Waals surface area contributed by atoms with Crippen molar-refractivity contribution in [3.05, 3.63) is 11.3 Å². The van der Waals surface area contributed by atoms with Crippen molar-refractivity contribution in [2.24, 2.45) is 0 Å². The standard InChI is InChI=1S/C9H14O4/c1-5-7(4-8(10)12-3)13-6(2)9(5)11/h6,9,11H,4H2,1-3H3. The molecule has 1 rings (SSSR count). The van der Waals surface area contributed by atoms with Gasteiger partial charge >= 0.3 is 5.97 Å². The first-order chi connectivity index (χ1) is 6.06. The summed E-state index contributed by atoms with van der Waals surface area (Å²) in [4.78, 5) is 10.9. The molecule has 1 aliphatic heterocycles. The van der Waals surface area contributed by atoms with Crippen LogP contribution in [0.5, 0.6) is 0 Å². The van der Waals surface area contributed by atoms with E-state index in [1.807, 2.05) is 0 Å². The summed E-state index contributed by atoms with van der Waals surface area (Å²) in [6, 6.07) is 0. The summed E-state index contributed by atoms with van der Waals surface area (Å²) in [6.45, 7) is 3.52. The number of carbonyl (C=O) groups is 1. The van der Waals surface area contributed by atoms with Crippen LogP contribution in [-0.4, -0.2) is 30.4 Å². The summed E-state index contributed by atoms with van der Waals surface area (Å²) in [6.07, 6.45) is -0.761. The summed E-state index contributed by atoms with van der Waals surface area (Å²) < 4.78 is 9.78. The molecule has 0 saturated carbocycles.